The molecule has 0 N–H and O–H groups in total. The van der Waals surface area contributed by atoms with Crippen molar-refractivity contribution in [1.29, 1.82) is 0 Å². The van der Waals surface area contributed by atoms with Crippen LogP contribution in [-0.2, 0) is 12.8 Å². The van der Waals surface area contributed by atoms with Crippen LogP contribution in [0.3, 0.4) is 0 Å². The molecule has 92 valence electrons. The number of rotatable bonds is 4. The number of carbonyl (C=O) groups is 1. The van der Waals surface area contributed by atoms with Gasteiger partial charge in [-0.3, -0.25) is 4.79 Å². The molecule has 2 rings (SSSR count). The fourth-order valence-corrected chi connectivity index (χ4v) is 1.92. The summed E-state index contributed by atoms with van der Waals surface area (Å²) in [6, 6.07) is 16.0. The Morgan fingerprint density at radius 3 is 2.00 bits per heavy atom. The molecule has 0 atom stereocenters. The molecule has 0 amide bonds. The molecule has 0 radical (unpaired) electrons. The van der Waals surface area contributed by atoms with E-state index in [1.807, 2.05) is 48.5 Å². The van der Waals surface area contributed by atoms with Gasteiger partial charge in [-0.25, -0.2) is 0 Å². The van der Waals surface area contributed by atoms with Crippen LogP contribution in [0, 0.1) is 6.92 Å². The smallest absolute Gasteiger partial charge is 0.167 e. The summed E-state index contributed by atoms with van der Waals surface area (Å²) < 4.78 is 0. The fourth-order valence-electron chi connectivity index (χ4n) is 1.92. The second-order valence-electron chi connectivity index (χ2n) is 4.64. The van der Waals surface area contributed by atoms with Crippen molar-refractivity contribution < 1.29 is 4.79 Å². The van der Waals surface area contributed by atoms with E-state index in [1.165, 1.54) is 11.1 Å². The van der Waals surface area contributed by atoms with Crippen LogP contribution in [0.25, 0.3) is 0 Å². The Balaban J connectivity index is 2.09. The Kier molecular flexibility index (Phi) is 3.93. The quantitative estimate of drug-likeness (QED) is 0.736. The SMILES string of the molecule is CCc1ccc(C(=O)Cc2ccc(C)cc2)cc1. The minimum absolute atomic E-state index is 0.182. The molecule has 0 spiro atoms. The van der Waals surface area contributed by atoms with Gasteiger partial charge in [0.15, 0.2) is 5.78 Å². The highest BCUT2D eigenvalue weighted by Gasteiger charge is 2.06. The molecule has 18 heavy (non-hydrogen) atoms. The van der Waals surface area contributed by atoms with E-state index in [0.29, 0.717) is 6.42 Å². The molecule has 1 nitrogen and oxygen atoms in total. The Labute approximate surface area is 108 Å². The van der Waals surface area contributed by atoms with Crippen molar-refractivity contribution in [2.45, 2.75) is 26.7 Å². The van der Waals surface area contributed by atoms with Crippen molar-refractivity contribution in [1.82, 2.24) is 0 Å². The first-order valence-electron chi connectivity index (χ1n) is 6.36. The number of carbonyl (C=O) groups excluding carboxylic acids is 1. The molecule has 0 unspecified atom stereocenters. The van der Waals surface area contributed by atoms with Gasteiger partial charge in [-0.1, -0.05) is 61.0 Å². The van der Waals surface area contributed by atoms with E-state index in [1.54, 1.807) is 0 Å². The molecule has 2 aromatic carbocycles. The number of aryl methyl sites for hydroxylation is 2. The predicted octanol–water partition coefficient (Wildman–Crippen LogP) is 3.98. The average molecular weight is 238 g/mol. The van der Waals surface area contributed by atoms with Crippen LogP contribution in [0.15, 0.2) is 48.5 Å². The number of Topliss-reactive ketones (excluding diaryl/α,β-unsaturated/α-hetero) is 1. The van der Waals surface area contributed by atoms with E-state index in [-0.39, 0.29) is 5.78 Å². The van der Waals surface area contributed by atoms with Crippen molar-refractivity contribution in [2.24, 2.45) is 0 Å². The van der Waals surface area contributed by atoms with Gasteiger partial charge in [0.2, 0.25) is 0 Å². The lowest BCUT2D eigenvalue weighted by Gasteiger charge is -2.03. The van der Waals surface area contributed by atoms with E-state index < -0.39 is 0 Å². The Hall–Kier alpha value is -1.89. The molecular weight excluding hydrogens is 220 g/mol. The standard InChI is InChI=1S/C17H18O/c1-3-14-8-10-16(11-9-14)17(18)12-15-6-4-13(2)5-7-15/h4-11H,3,12H2,1-2H3. The normalized spacial score (nSPS) is 10.3. The van der Waals surface area contributed by atoms with E-state index in [4.69, 9.17) is 0 Å². The molecule has 0 fully saturated rings. The van der Waals surface area contributed by atoms with Crippen molar-refractivity contribution in [2.75, 3.05) is 0 Å². The second kappa shape index (κ2) is 5.63. The largest absolute Gasteiger partial charge is 0.294 e. The van der Waals surface area contributed by atoms with E-state index in [0.717, 1.165) is 17.5 Å². The molecule has 0 saturated heterocycles. The van der Waals surface area contributed by atoms with Crippen molar-refractivity contribution >= 4 is 5.78 Å². The monoisotopic (exact) mass is 238 g/mol. The molecule has 2 aromatic rings. The molecule has 0 bridgehead atoms. The molecular formula is C17H18O. The van der Waals surface area contributed by atoms with E-state index in [2.05, 4.69) is 13.8 Å². The maximum absolute atomic E-state index is 12.1. The Morgan fingerprint density at radius 1 is 0.889 bits per heavy atom. The lowest BCUT2D eigenvalue weighted by molar-refractivity contribution is 0.0993. The van der Waals surface area contributed by atoms with Gasteiger partial charge < -0.3 is 0 Å². The third kappa shape index (κ3) is 3.07. The lowest BCUT2D eigenvalue weighted by Crippen LogP contribution is -2.03. The zero-order valence-corrected chi connectivity index (χ0v) is 10.9. The van der Waals surface area contributed by atoms with Gasteiger partial charge in [0.25, 0.3) is 0 Å². The Bertz CT molecular complexity index is 521. The molecule has 0 aromatic heterocycles. The Morgan fingerprint density at radius 2 is 1.44 bits per heavy atom. The van der Waals surface area contributed by atoms with Crippen LogP contribution >= 0.6 is 0 Å². The zero-order valence-electron chi connectivity index (χ0n) is 10.9. The van der Waals surface area contributed by atoms with Crippen LogP contribution in [0.5, 0.6) is 0 Å². The molecule has 0 aliphatic heterocycles. The van der Waals surface area contributed by atoms with Crippen LogP contribution in [0.4, 0.5) is 0 Å². The molecule has 0 heterocycles. The summed E-state index contributed by atoms with van der Waals surface area (Å²) in [6.07, 6.45) is 1.48. The summed E-state index contributed by atoms with van der Waals surface area (Å²) >= 11 is 0. The summed E-state index contributed by atoms with van der Waals surface area (Å²) in [6.45, 7) is 4.16. The van der Waals surface area contributed by atoms with Crippen molar-refractivity contribution in [3.05, 3.63) is 70.8 Å². The lowest BCUT2D eigenvalue weighted by atomic mass is 10.0. The minimum atomic E-state index is 0.182. The minimum Gasteiger partial charge on any atom is -0.294 e. The van der Waals surface area contributed by atoms with E-state index in [9.17, 15) is 4.79 Å². The average Bonchev–Trinajstić information content (AvgIpc) is 2.41. The summed E-state index contributed by atoms with van der Waals surface area (Å²) in [4.78, 5) is 12.1. The number of hydrogen-bond donors (Lipinski definition) is 0. The second-order valence-corrected chi connectivity index (χ2v) is 4.64. The van der Waals surface area contributed by atoms with Crippen LogP contribution < -0.4 is 0 Å². The topological polar surface area (TPSA) is 17.1 Å². The first-order valence-corrected chi connectivity index (χ1v) is 6.36. The first kappa shape index (κ1) is 12.6. The first-order chi connectivity index (χ1) is 8.69. The van der Waals surface area contributed by atoms with Gasteiger partial charge in [0.05, 0.1) is 0 Å². The van der Waals surface area contributed by atoms with Gasteiger partial charge in [-0.05, 0) is 24.5 Å². The van der Waals surface area contributed by atoms with Crippen LogP contribution in [0.2, 0.25) is 0 Å². The maximum Gasteiger partial charge on any atom is 0.167 e. The highest BCUT2D eigenvalue weighted by Crippen LogP contribution is 2.10. The summed E-state index contributed by atoms with van der Waals surface area (Å²) in [5.41, 5.74) is 4.36. The van der Waals surface area contributed by atoms with Gasteiger partial charge in [-0.2, -0.15) is 0 Å². The molecule has 0 aliphatic carbocycles. The number of hydrogen-bond acceptors (Lipinski definition) is 1. The number of benzene rings is 2. The third-order valence-corrected chi connectivity index (χ3v) is 3.17. The summed E-state index contributed by atoms with van der Waals surface area (Å²) in [7, 11) is 0. The fraction of sp³-hybridized carbons (Fsp3) is 0.235. The van der Waals surface area contributed by atoms with Crippen LogP contribution in [0.1, 0.15) is 34.0 Å². The van der Waals surface area contributed by atoms with Gasteiger partial charge in [0.1, 0.15) is 0 Å². The maximum atomic E-state index is 12.1. The van der Waals surface area contributed by atoms with Gasteiger partial charge >= 0.3 is 0 Å². The summed E-state index contributed by atoms with van der Waals surface area (Å²) in [5.74, 6) is 0.182. The van der Waals surface area contributed by atoms with Crippen LogP contribution in [-0.4, -0.2) is 5.78 Å². The third-order valence-electron chi connectivity index (χ3n) is 3.17. The van der Waals surface area contributed by atoms with Gasteiger partial charge in [-0.15, -0.1) is 0 Å². The predicted molar refractivity (Wildman–Crippen MR) is 75.0 cm³/mol. The van der Waals surface area contributed by atoms with Gasteiger partial charge in [0, 0.05) is 12.0 Å². The summed E-state index contributed by atoms with van der Waals surface area (Å²) in [5, 5.41) is 0. The van der Waals surface area contributed by atoms with E-state index >= 15 is 0 Å². The highest BCUT2D eigenvalue weighted by molar-refractivity contribution is 5.97. The molecule has 1 heteroatoms. The van der Waals surface area contributed by atoms with Crippen molar-refractivity contribution in [3.63, 3.8) is 0 Å². The highest BCUT2D eigenvalue weighted by atomic mass is 16.1. The molecule has 0 aliphatic rings. The molecule has 0 saturated carbocycles. The number of ketones is 1. The van der Waals surface area contributed by atoms with Crippen molar-refractivity contribution in [3.8, 4) is 0 Å². The zero-order chi connectivity index (χ0) is 13.0.